The highest BCUT2D eigenvalue weighted by Crippen LogP contribution is 2.30. The lowest BCUT2D eigenvalue weighted by molar-refractivity contribution is -0.134. The first-order valence-electron chi connectivity index (χ1n) is 11.1. The van der Waals surface area contributed by atoms with E-state index in [0.29, 0.717) is 32.8 Å². The Kier molecular flexibility index (Phi) is 6.89. The fraction of sp³-hybridized carbons (Fsp3) is 0.565. The maximum absolute atomic E-state index is 12.6. The first-order valence-corrected chi connectivity index (χ1v) is 11.1. The molecule has 2 fully saturated rings. The summed E-state index contributed by atoms with van der Waals surface area (Å²) in [7, 11) is 0. The van der Waals surface area contributed by atoms with Crippen molar-refractivity contribution in [3.63, 3.8) is 0 Å². The lowest BCUT2D eigenvalue weighted by atomic mass is 10.1. The summed E-state index contributed by atoms with van der Waals surface area (Å²) in [5.74, 6) is 1.72. The molecule has 0 aliphatic carbocycles. The molecule has 0 saturated carbocycles. The second-order valence-electron chi connectivity index (χ2n) is 8.13. The van der Waals surface area contributed by atoms with E-state index in [1.165, 1.54) is 6.42 Å². The molecule has 0 spiro atoms. The van der Waals surface area contributed by atoms with Gasteiger partial charge in [-0.25, -0.2) is 0 Å². The molecule has 3 heterocycles. The molecule has 0 N–H and O–H groups in total. The van der Waals surface area contributed by atoms with Crippen molar-refractivity contribution in [3.05, 3.63) is 29.8 Å². The van der Waals surface area contributed by atoms with Crippen molar-refractivity contribution in [1.29, 1.82) is 0 Å². The Morgan fingerprint density at radius 2 is 1.57 bits per heavy atom. The Labute approximate surface area is 178 Å². The maximum Gasteiger partial charge on any atom is 0.246 e. The van der Waals surface area contributed by atoms with Crippen LogP contribution in [0.3, 0.4) is 0 Å². The van der Waals surface area contributed by atoms with Gasteiger partial charge in [0.25, 0.3) is 0 Å². The van der Waals surface area contributed by atoms with E-state index in [1.54, 1.807) is 6.08 Å². The number of nitrogens with zero attached hydrogens (tertiary/aromatic N) is 3. The first-order chi connectivity index (χ1) is 14.7. The Hall–Kier alpha value is -2.54. The van der Waals surface area contributed by atoms with E-state index < -0.39 is 0 Å². The van der Waals surface area contributed by atoms with Crippen LogP contribution in [0.4, 0.5) is 0 Å². The van der Waals surface area contributed by atoms with Crippen LogP contribution in [0.1, 0.15) is 31.2 Å². The number of piperazine rings is 1. The summed E-state index contributed by atoms with van der Waals surface area (Å²) in [5, 5.41) is 0. The number of benzene rings is 1. The summed E-state index contributed by atoms with van der Waals surface area (Å²) in [4.78, 5) is 31.0. The van der Waals surface area contributed by atoms with Gasteiger partial charge < -0.3 is 19.3 Å². The van der Waals surface area contributed by atoms with Gasteiger partial charge in [0, 0.05) is 51.8 Å². The molecule has 30 heavy (non-hydrogen) atoms. The van der Waals surface area contributed by atoms with Gasteiger partial charge in [0.05, 0.1) is 19.8 Å². The molecule has 0 atom stereocenters. The molecular weight excluding hydrogens is 382 g/mol. The SMILES string of the molecule is O=C(/C=C/c1ccc2c(c1)OCCCO2)N1CCN(CC(=O)N2CCCCC2)CC1. The molecule has 0 unspecified atom stereocenters. The van der Waals surface area contributed by atoms with Gasteiger partial charge in [0.1, 0.15) is 0 Å². The Morgan fingerprint density at radius 3 is 2.33 bits per heavy atom. The number of carbonyl (C=O) groups excluding carboxylic acids is 2. The highest BCUT2D eigenvalue weighted by Gasteiger charge is 2.24. The predicted octanol–water partition coefficient (Wildman–Crippen LogP) is 2.02. The van der Waals surface area contributed by atoms with Gasteiger partial charge in [0.15, 0.2) is 11.5 Å². The highest BCUT2D eigenvalue weighted by molar-refractivity contribution is 5.92. The number of fused-ring (bicyclic) bond motifs is 1. The monoisotopic (exact) mass is 413 g/mol. The third-order valence-electron chi connectivity index (χ3n) is 5.94. The van der Waals surface area contributed by atoms with Crippen molar-refractivity contribution in [2.75, 3.05) is 59.0 Å². The molecule has 0 aromatic heterocycles. The molecule has 1 aromatic rings. The number of piperidine rings is 1. The smallest absolute Gasteiger partial charge is 0.246 e. The van der Waals surface area contributed by atoms with E-state index >= 15 is 0 Å². The van der Waals surface area contributed by atoms with Gasteiger partial charge in [-0.15, -0.1) is 0 Å². The van der Waals surface area contributed by atoms with Gasteiger partial charge in [-0.3, -0.25) is 14.5 Å². The van der Waals surface area contributed by atoms with Crippen LogP contribution in [0.25, 0.3) is 6.08 Å². The quantitative estimate of drug-likeness (QED) is 0.707. The third kappa shape index (κ3) is 5.33. The van der Waals surface area contributed by atoms with Crippen molar-refractivity contribution < 1.29 is 19.1 Å². The predicted molar refractivity (Wildman–Crippen MR) is 115 cm³/mol. The molecular formula is C23H31N3O4. The number of hydrogen-bond donors (Lipinski definition) is 0. The zero-order chi connectivity index (χ0) is 20.8. The molecule has 0 bridgehead atoms. The van der Waals surface area contributed by atoms with Crippen LogP contribution in [0.5, 0.6) is 11.5 Å². The van der Waals surface area contributed by atoms with E-state index in [-0.39, 0.29) is 11.8 Å². The first kappa shape index (κ1) is 20.7. The Bertz CT molecular complexity index is 781. The number of carbonyl (C=O) groups is 2. The van der Waals surface area contributed by atoms with Crippen LogP contribution in [-0.4, -0.2) is 85.5 Å². The lowest BCUT2D eigenvalue weighted by Gasteiger charge is -2.35. The average Bonchev–Trinajstić information content (AvgIpc) is 3.03. The molecule has 3 aliphatic rings. The number of hydrogen-bond acceptors (Lipinski definition) is 5. The topological polar surface area (TPSA) is 62.3 Å². The van der Waals surface area contributed by atoms with Crippen molar-refractivity contribution >= 4 is 17.9 Å². The van der Waals surface area contributed by atoms with E-state index in [1.807, 2.05) is 34.1 Å². The second kappa shape index (κ2) is 9.98. The molecule has 1 aromatic carbocycles. The van der Waals surface area contributed by atoms with Crippen LogP contribution in [0.15, 0.2) is 24.3 Å². The fourth-order valence-electron chi connectivity index (χ4n) is 4.12. The molecule has 4 rings (SSSR count). The normalized spacial score (nSPS) is 20.3. The molecule has 0 radical (unpaired) electrons. The van der Waals surface area contributed by atoms with Gasteiger partial charge >= 0.3 is 0 Å². The molecule has 162 valence electrons. The van der Waals surface area contributed by atoms with Crippen LogP contribution in [-0.2, 0) is 9.59 Å². The van der Waals surface area contributed by atoms with Crippen molar-refractivity contribution in [1.82, 2.24) is 14.7 Å². The summed E-state index contributed by atoms with van der Waals surface area (Å²) in [5.41, 5.74) is 0.915. The van der Waals surface area contributed by atoms with Crippen LogP contribution in [0, 0.1) is 0 Å². The van der Waals surface area contributed by atoms with E-state index in [2.05, 4.69) is 4.90 Å². The number of rotatable bonds is 4. The largest absolute Gasteiger partial charge is 0.490 e. The fourth-order valence-corrected chi connectivity index (χ4v) is 4.12. The summed E-state index contributed by atoms with van der Waals surface area (Å²) < 4.78 is 11.4. The van der Waals surface area contributed by atoms with Gasteiger partial charge in [-0.05, 0) is 43.0 Å². The van der Waals surface area contributed by atoms with Crippen LogP contribution >= 0.6 is 0 Å². The molecule has 7 heteroatoms. The molecule has 7 nitrogen and oxygen atoms in total. The summed E-state index contributed by atoms with van der Waals surface area (Å²) in [6, 6.07) is 5.74. The van der Waals surface area contributed by atoms with Crippen molar-refractivity contribution in [2.24, 2.45) is 0 Å². The minimum absolute atomic E-state index is 0.00381. The van der Waals surface area contributed by atoms with Gasteiger partial charge in [-0.2, -0.15) is 0 Å². The van der Waals surface area contributed by atoms with Crippen molar-refractivity contribution in [2.45, 2.75) is 25.7 Å². The lowest BCUT2D eigenvalue weighted by Crippen LogP contribution is -2.51. The summed E-state index contributed by atoms with van der Waals surface area (Å²) in [6.45, 7) is 6.33. The van der Waals surface area contributed by atoms with Crippen LogP contribution in [0.2, 0.25) is 0 Å². The minimum Gasteiger partial charge on any atom is -0.490 e. The Balaban J connectivity index is 1.25. The number of likely N-dealkylation sites (tertiary alicyclic amines) is 1. The molecule has 2 saturated heterocycles. The van der Waals surface area contributed by atoms with Crippen LogP contribution < -0.4 is 9.47 Å². The molecule has 3 aliphatic heterocycles. The average molecular weight is 414 g/mol. The molecule has 2 amide bonds. The Morgan fingerprint density at radius 1 is 0.833 bits per heavy atom. The summed E-state index contributed by atoms with van der Waals surface area (Å²) in [6.07, 6.45) is 7.77. The number of amides is 2. The minimum atomic E-state index is 0.00381. The summed E-state index contributed by atoms with van der Waals surface area (Å²) >= 11 is 0. The number of ether oxygens (including phenoxy) is 2. The maximum atomic E-state index is 12.6. The van der Waals surface area contributed by atoms with E-state index in [0.717, 1.165) is 62.5 Å². The van der Waals surface area contributed by atoms with Gasteiger partial charge in [0.2, 0.25) is 11.8 Å². The van der Waals surface area contributed by atoms with E-state index in [4.69, 9.17) is 9.47 Å². The highest BCUT2D eigenvalue weighted by atomic mass is 16.5. The zero-order valence-corrected chi connectivity index (χ0v) is 17.6. The standard InChI is InChI=1S/C23H31N3O4/c27-22(8-6-19-5-7-20-21(17-19)30-16-4-15-29-20)26-13-11-24(12-14-26)18-23(28)25-9-2-1-3-10-25/h5-8,17H,1-4,9-16,18H2/b8-6+. The zero-order valence-electron chi connectivity index (χ0n) is 17.6. The van der Waals surface area contributed by atoms with Gasteiger partial charge in [-0.1, -0.05) is 6.07 Å². The van der Waals surface area contributed by atoms with E-state index in [9.17, 15) is 9.59 Å². The third-order valence-corrected chi connectivity index (χ3v) is 5.94. The second-order valence-corrected chi connectivity index (χ2v) is 8.13. The van der Waals surface area contributed by atoms with Crippen molar-refractivity contribution in [3.8, 4) is 11.5 Å².